The first-order valence-corrected chi connectivity index (χ1v) is 9.03. The minimum Gasteiger partial charge on any atom is -0.438 e. The Labute approximate surface area is 169 Å². The Morgan fingerprint density at radius 1 is 1.07 bits per heavy atom. The molecule has 0 saturated heterocycles. The number of ether oxygens (including phenoxy) is 1. The molecule has 3 aromatic rings. The van der Waals surface area contributed by atoms with Crippen molar-refractivity contribution in [2.24, 2.45) is 0 Å². The first kappa shape index (κ1) is 19.2. The van der Waals surface area contributed by atoms with Gasteiger partial charge >= 0.3 is 6.18 Å². The highest BCUT2D eigenvalue weighted by molar-refractivity contribution is 6.31. The number of alkyl halides is 3. The molecular formula is C22H13ClF3NO2. The molecule has 146 valence electrons. The number of hydrogen-bond acceptors (Lipinski definition) is 3. The lowest BCUT2D eigenvalue weighted by Gasteiger charge is -2.10. The van der Waals surface area contributed by atoms with E-state index in [0.29, 0.717) is 23.9 Å². The van der Waals surface area contributed by atoms with Crippen LogP contribution >= 0.6 is 11.6 Å². The molecule has 0 bridgehead atoms. The zero-order chi connectivity index (χ0) is 20.6. The van der Waals surface area contributed by atoms with Gasteiger partial charge in [0.05, 0.1) is 5.56 Å². The largest absolute Gasteiger partial charge is 0.438 e. The van der Waals surface area contributed by atoms with Crippen LogP contribution in [-0.2, 0) is 12.6 Å². The number of halogens is 4. The number of pyridine rings is 1. The molecule has 7 heteroatoms. The van der Waals surface area contributed by atoms with Crippen LogP contribution in [0.2, 0.25) is 5.02 Å². The molecule has 0 aliphatic heterocycles. The number of hydrogen-bond donors (Lipinski definition) is 0. The smallest absolute Gasteiger partial charge is 0.417 e. The summed E-state index contributed by atoms with van der Waals surface area (Å²) in [5.74, 6) is 0.260. The minimum atomic E-state index is -4.53. The van der Waals surface area contributed by atoms with Crippen LogP contribution in [-0.4, -0.2) is 10.8 Å². The number of allylic oxidation sites excluding steroid dienone is 1. The third kappa shape index (κ3) is 4.03. The Balaban J connectivity index is 1.50. The van der Waals surface area contributed by atoms with Crippen LogP contribution in [0.1, 0.15) is 27.0 Å². The second kappa shape index (κ2) is 7.37. The van der Waals surface area contributed by atoms with E-state index in [1.807, 2.05) is 30.3 Å². The lowest BCUT2D eigenvalue weighted by Crippen LogP contribution is -2.05. The van der Waals surface area contributed by atoms with E-state index in [-0.39, 0.29) is 16.7 Å². The van der Waals surface area contributed by atoms with Crippen LogP contribution in [0.15, 0.2) is 66.4 Å². The minimum absolute atomic E-state index is 0.0154. The van der Waals surface area contributed by atoms with Crippen molar-refractivity contribution in [3.63, 3.8) is 0 Å². The maximum Gasteiger partial charge on any atom is 0.417 e. The van der Waals surface area contributed by atoms with Crippen molar-refractivity contribution in [1.82, 2.24) is 4.98 Å². The van der Waals surface area contributed by atoms with Crippen molar-refractivity contribution >= 4 is 23.5 Å². The summed E-state index contributed by atoms with van der Waals surface area (Å²) in [5, 5.41) is -0.236. The second-order valence-corrected chi connectivity index (χ2v) is 6.92. The maximum absolute atomic E-state index is 12.7. The molecule has 0 spiro atoms. The quantitative estimate of drug-likeness (QED) is 0.467. The van der Waals surface area contributed by atoms with Crippen LogP contribution < -0.4 is 4.74 Å². The fourth-order valence-corrected chi connectivity index (χ4v) is 3.28. The van der Waals surface area contributed by atoms with Crippen molar-refractivity contribution in [3.05, 3.63) is 93.6 Å². The Kier molecular flexibility index (Phi) is 4.88. The fourth-order valence-electron chi connectivity index (χ4n) is 3.07. The molecule has 0 unspecified atom stereocenters. The molecule has 1 aliphatic carbocycles. The summed E-state index contributed by atoms with van der Waals surface area (Å²) < 4.78 is 43.5. The van der Waals surface area contributed by atoms with Crippen molar-refractivity contribution in [3.8, 4) is 11.6 Å². The highest BCUT2D eigenvalue weighted by atomic mass is 35.5. The van der Waals surface area contributed by atoms with Crippen LogP contribution in [0.5, 0.6) is 11.6 Å². The van der Waals surface area contributed by atoms with E-state index in [1.54, 1.807) is 24.3 Å². The molecule has 1 aliphatic rings. The Morgan fingerprint density at radius 2 is 1.79 bits per heavy atom. The maximum atomic E-state index is 12.7. The number of fused-ring (bicyclic) bond motifs is 1. The van der Waals surface area contributed by atoms with E-state index in [9.17, 15) is 18.0 Å². The van der Waals surface area contributed by atoms with E-state index in [1.165, 1.54) is 0 Å². The Hall–Kier alpha value is -3.12. The summed E-state index contributed by atoms with van der Waals surface area (Å²) in [6.45, 7) is 0. The highest BCUT2D eigenvalue weighted by Crippen LogP contribution is 2.35. The van der Waals surface area contributed by atoms with Gasteiger partial charge in [-0.1, -0.05) is 48.0 Å². The van der Waals surface area contributed by atoms with Crippen molar-refractivity contribution in [2.45, 2.75) is 12.6 Å². The Morgan fingerprint density at radius 3 is 2.45 bits per heavy atom. The van der Waals surface area contributed by atoms with Gasteiger partial charge in [0.25, 0.3) is 0 Å². The van der Waals surface area contributed by atoms with Crippen LogP contribution in [0.3, 0.4) is 0 Å². The van der Waals surface area contributed by atoms with E-state index >= 15 is 0 Å². The van der Waals surface area contributed by atoms with Crippen LogP contribution in [0.25, 0.3) is 6.08 Å². The molecule has 0 fully saturated rings. The SMILES string of the molecule is O=C1/C(=C\c2ccc(Oc3ncc(C(F)(F)F)cc3Cl)cc2)Cc2ccccc21. The predicted molar refractivity (Wildman–Crippen MR) is 103 cm³/mol. The average Bonchev–Trinajstić information content (AvgIpc) is 3.00. The van der Waals surface area contributed by atoms with Gasteiger partial charge in [-0.2, -0.15) is 13.2 Å². The van der Waals surface area contributed by atoms with Gasteiger partial charge in [0.1, 0.15) is 10.8 Å². The highest BCUT2D eigenvalue weighted by Gasteiger charge is 2.31. The molecule has 2 aromatic carbocycles. The van der Waals surface area contributed by atoms with Crippen molar-refractivity contribution in [2.75, 3.05) is 0 Å². The first-order chi connectivity index (χ1) is 13.8. The Bertz CT molecular complexity index is 1120. The van der Waals surface area contributed by atoms with Gasteiger partial charge in [0, 0.05) is 23.8 Å². The summed E-state index contributed by atoms with van der Waals surface area (Å²) in [6, 6.07) is 15.0. The number of aromatic nitrogens is 1. The molecule has 0 amide bonds. The van der Waals surface area contributed by atoms with Gasteiger partial charge in [-0.25, -0.2) is 4.98 Å². The number of benzene rings is 2. The van der Waals surface area contributed by atoms with E-state index in [0.717, 1.165) is 22.8 Å². The zero-order valence-electron chi connectivity index (χ0n) is 14.8. The van der Waals surface area contributed by atoms with Crippen LogP contribution in [0, 0.1) is 0 Å². The zero-order valence-corrected chi connectivity index (χ0v) is 15.6. The van der Waals surface area contributed by atoms with Gasteiger partial charge in [-0.3, -0.25) is 4.79 Å². The lowest BCUT2D eigenvalue weighted by atomic mass is 10.1. The normalized spacial score (nSPS) is 14.9. The molecule has 0 radical (unpaired) electrons. The average molecular weight is 416 g/mol. The van der Waals surface area contributed by atoms with Gasteiger partial charge in [0.2, 0.25) is 5.88 Å². The monoisotopic (exact) mass is 415 g/mol. The molecule has 1 heterocycles. The van der Waals surface area contributed by atoms with Crippen molar-refractivity contribution in [1.29, 1.82) is 0 Å². The number of Topliss-reactive ketones (excluding diaryl/α,β-unsaturated/α-hetero) is 1. The topological polar surface area (TPSA) is 39.2 Å². The number of rotatable bonds is 3. The molecule has 0 saturated carbocycles. The van der Waals surface area contributed by atoms with Gasteiger partial charge in [-0.15, -0.1) is 0 Å². The summed E-state index contributed by atoms with van der Waals surface area (Å²) in [5.41, 5.74) is 2.29. The third-order valence-electron chi connectivity index (χ3n) is 4.50. The molecule has 0 atom stereocenters. The molecule has 0 N–H and O–H groups in total. The molecule has 4 rings (SSSR count). The van der Waals surface area contributed by atoms with Gasteiger partial charge < -0.3 is 4.74 Å². The fraction of sp³-hybridized carbons (Fsp3) is 0.0909. The molecular weight excluding hydrogens is 403 g/mol. The summed E-state index contributed by atoms with van der Waals surface area (Å²) in [4.78, 5) is 16.1. The summed E-state index contributed by atoms with van der Waals surface area (Å²) in [6.07, 6.45) is -1.46. The number of ketones is 1. The molecule has 3 nitrogen and oxygen atoms in total. The number of carbonyl (C=O) groups excluding carboxylic acids is 1. The second-order valence-electron chi connectivity index (χ2n) is 6.51. The van der Waals surface area contributed by atoms with E-state index < -0.39 is 11.7 Å². The summed E-state index contributed by atoms with van der Waals surface area (Å²) >= 11 is 5.86. The van der Waals surface area contributed by atoms with E-state index in [2.05, 4.69) is 4.98 Å². The third-order valence-corrected chi connectivity index (χ3v) is 4.78. The van der Waals surface area contributed by atoms with Gasteiger partial charge in [0.15, 0.2) is 5.78 Å². The molecule has 29 heavy (non-hydrogen) atoms. The van der Waals surface area contributed by atoms with Crippen LogP contribution in [0.4, 0.5) is 13.2 Å². The number of nitrogens with zero attached hydrogens (tertiary/aromatic N) is 1. The van der Waals surface area contributed by atoms with Gasteiger partial charge in [-0.05, 0) is 35.4 Å². The standard InChI is InChI=1S/C22H13ClF3NO2/c23-19-11-16(22(24,25)26)12-27-21(19)29-17-7-5-13(6-8-17)9-15-10-14-3-1-2-4-18(14)20(15)28/h1-9,11-12H,10H2/b15-9-. The lowest BCUT2D eigenvalue weighted by molar-refractivity contribution is -0.137. The van der Waals surface area contributed by atoms with Crippen molar-refractivity contribution < 1.29 is 22.7 Å². The van der Waals surface area contributed by atoms with E-state index in [4.69, 9.17) is 16.3 Å². The number of carbonyl (C=O) groups is 1. The summed E-state index contributed by atoms with van der Waals surface area (Å²) in [7, 11) is 0. The predicted octanol–water partition coefficient (Wildman–Crippen LogP) is 6.37. The first-order valence-electron chi connectivity index (χ1n) is 8.65. The molecule has 1 aromatic heterocycles.